The summed E-state index contributed by atoms with van der Waals surface area (Å²) < 4.78 is 2.73. The van der Waals surface area contributed by atoms with Gasteiger partial charge in [0.2, 0.25) is 0 Å². The molecule has 0 unspecified atom stereocenters. The minimum atomic E-state index is -0.400. The Bertz CT molecular complexity index is 1210. The lowest BCUT2D eigenvalue weighted by atomic mass is 10.2. The highest BCUT2D eigenvalue weighted by Gasteiger charge is 2.11. The molecule has 2 aromatic heterocycles. The first-order chi connectivity index (χ1) is 14.1. The minimum Gasteiger partial charge on any atom is -0.282 e. The van der Waals surface area contributed by atoms with Crippen molar-refractivity contribution >= 4 is 0 Å². The maximum absolute atomic E-state index is 13.2. The first-order valence-electron chi connectivity index (χ1n) is 9.18. The lowest BCUT2D eigenvalue weighted by Crippen LogP contribution is -2.41. The van der Waals surface area contributed by atoms with Gasteiger partial charge in [0.05, 0.1) is 6.54 Å². The lowest BCUT2D eigenvalue weighted by molar-refractivity contribution is 0.603. The Balaban J connectivity index is 2.11. The van der Waals surface area contributed by atoms with E-state index in [1.807, 2.05) is 49.4 Å². The van der Waals surface area contributed by atoms with Crippen molar-refractivity contribution in [3.63, 3.8) is 0 Å². The topological polar surface area (TPSA) is 56.9 Å². The number of pyridine rings is 1. The van der Waals surface area contributed by atoms with Crippen molar-refractivity contribution in [2.75, 3.05) is 0 Å². The standard InChI is InChI=1S/C24H21N3O2/c1-3-9-19(2)17-26-22(14-13-21-12-7-8-15-25-21)16-23(28)27(24(26)29)18-20-10-5-4-6-11-20/h3-12,15-16H,1,17-18H2,2H3/b19-9+. The van der Waals surface area contributed by atoms with Gasteiger partial charge in [-0.25, -0.2) is 9.78 Å². The van der Waals surface area contributed by atoms with Crippen molar-refractivity contribution in [2.45, 2.75) is 20.0 Å². The number of hydrogen-bond acceptors (Lipinski definition) is 3. The highest BCUT2D eigenvalue weighted by Crippen LogP contribution is 2.03. The van der Waals surface area contributed by atoms with Crippen molar-refractivity contribution in [3.05, 3.63) is 123 Å². The molecule has 0 atom stereocenters. The third-order valence-corrected chi connectivity index (χ3v) is 4.26. The Morgan fingerprint density at radius 3 is 2.52 bits per heavy atom. The second kappa shape index (κ2) is 9.34. The fourth-order valence-corrected chi connectivity index (χ4v) is 2.85. The van der Waals surface area contributed by atoms with Crippen molar-refractivity contribution in [1.29, 1.82) is 0 Å². The summed E-state index contributed by atoms with van der Waals surface area (Å²) in [6, 6.07) is 16.2. The summed E-state index contributed by atoms with van der Waals surface area (Å²) in [4.78, 5) is 30.0. The van der Waals surface area contributed by atoms with Gasteiger partial charge in [0.1, 0.15) is 11.4 Å². The van der Waals surface area contributed by atoms with E-state index in [0.29, 0.717) is 17.9 Å². The quantitative estimate of drug-likeness (QED) is 0.503. The number of aromatic nitrogens is 3. The van der Waals surface area contributed by atoms with Crippen molar-refractivity contribution in [2.24, 2.45) is 0 Å². The summed E-state index contributed by atoms with van der Waals surface area (Å²) in [7, 11) is 0. The monoisotopic (exact) mass is 383 g/mol. The molecule has 0 N–H and O–H groups in total. The molecule has 0 aliphatic rings. The normalized spacial score (nSPS) is 10.9. The number of rotatable bonds is 5. The molecule has 0 fully saturated rings. The maximum atomic E-state index is 13.2. The number of allylic oxidation sites excluding steroid dienone is 3. The van der Waals surface area contributed by atoms with Gasteiger partial charge in [-0.3, -0.25) is 13.9 Å². The zero-order valence-corrected chi connectivity index (χ0v) is 16.2. The zero-order chi connectivity index (χ0) is 20.6. The molecule has 0 bridgehead atoms. The summed E-state index contributed by atoms with van der Waals surface area (Å²) in [5.41, 5.74) is 1.94. The van der Waals surface area contributed by atoms with Gasteiger partial charge in [0.15, 0.2) is 0 Å². The Hall–Kier alpha value is -3.91. The van der Waals surface area contributed by atoms with Gasteiger partial charge in [0.25, 0.3) is 5.56 Å². The van der Waals surface area contributed by atoms with Crippen LogP contribution in [0.25, 0.3) is 0 Å². The van der Waals surface area contributed by atoms with E-state index in [4.69, 9.17) is 0 Å². The lowest BCUT2D eigenvalue weighted by Gasteiger charge is -2.13. The second-order valence-corrected chi connectivity index (χ2v) is 6.52. The molecule has 0 saturated carbocycles. The Labute approximate surface area is 169 Å². The molecule has 0 spiro atoms. The molecule has 0 saturated heterocycles. The number of benzene rings is 1. The largest absolute Gasteiger partial charge is 0.332 e. The van der Waals surface area contributed by atoms with Crippen LogP contribution in [0.4, 0.5) is 0 Å². The van der Waals surface area contributed by atoms with Gasteiger partial charge in [-0.15, -0.1) is 0 Å². The molecule has 0 aliphatic carbocycles. The molecular weight excluding hydrogens is 362 g/mol. The number of hydrogen-bond donors (Lipinski definition) is 0. The molecule has 0 aliphatic heterocycles. The summed E-state index contributed by atoms with van der Waals surface area (Å²) in [5.74, 6) is 5.86. The molecule has 29 heavy (non-hydrogen) atoms. The zero-order valence-electron chi connectivity index (χ0n) is 16.2. The van der Waals surface area contributed by atoms with Crippen LogP contribution in [0.3, 0.4) is 0 Å². The fraction of sp³-hybridized carbons (Fsp3) is 0.125. The van der Waals surface area contributed by atoms with Gasteiger partial charge in [-0.2, -0.15) is 0 Å². The van der Waals surface area contributed by atoms with Gasteiger partial charge in [-0.1, -0.05) is 60.7 Å². The van der Waals surface area contributed by atoms with Crippen molar-refractivity contribution < 1.29 is 0 Å². The molecule has 5 nitrogen and oxygen atoms in total. The van der Waals surface area contributed by atoms with E-state index in [0.717, 1.165) is 11.1 Å². The van der Waals surface area contributed by atoms with E-state index >= 15 is 0 Å². The smallest absolute Gasteiger partial charge is 0.282 e. The van der Waals surface area contributed by atoms with Crippen LogP contribution in [-0.2, 0) is 13.1 Å². The first kappa shape index (κ1) is 19.8. The molecule has 0 radical (unpaired) electrons. The molecule has 3 aromatic rings. The first-order valence-corrected chi connectivity index (χ1v) is 9.18. The Morgan fingerprint density at radius 1 is 1.07 bits per heavy atom. The number of nitrogens with zero attached hydrogens (tertiary/aromatic N) is 3. The third kappa shape index (κ3) is 5.08. The van der Waals surface area contributed by atoms with Gasteiger partial charge >= 0.3 is 5.69 Å². The third-order valence-electron chi connectivity index (χ3n) is 4.26. The Morgan fingerprint density at radius 2 is 1.83 bits per heavy atom. The van der Waals surface area contributed by atoms with E-state index in [1.54, 1.807) is 24.4 Å². The van der Waals surface area contributed by atoms with E-state index in [-0.39, 0.29) is 12.1 Å². The van der Waals surface area contributed by atoms with Crippen molar-refractivity contribution in [1.82, 2.24) is 14.1 Å². The van der Waals surface area contributed by atoms with E-state index in [9.17, 15) is 9.59 Å². The second-order valence-electron chi connectivity index (χ2n) is 6.52. The molecule has 144 valence electrons. The summed E-state index contributed by atoms with van der Waals surface area (Å²) in [5, 5.41) is 0. The van der Waals surface area contributed by atoms with Gasteiger partial charge in [-0.05, 0) is 36.5 Å². The van der Waals surface area contributed by atoms with Crippen LogP contribution in [-0.4, -0.2) is 14.1 Å². The van der Waals surface area contributed by atoms with E-state index < -0.39 is 5.69 Å². The van der Waals surface area contributed by atoms with Gasteiger partial charge < -0.3 is 0 Å². The van der Waals surface area contributed by atoms with Crippen LogP contribution in [0, 0.1) is 11.8 Å². The van der Waals surface area contributed by atoms with E-state index in [1.165, 1.54) is 15.2 Å². The average molecular weight is 383 g/mol. The molecule has 1 aromatic carbocycles. The highest BCUT2D eigenvalue weighted by atomic mass is 16.2. The SMILES string of the molecule is C=C/C=C(\C)Cn1c(C#Cc2ccccn2)cc(=O)n(Cc2ccccc2)c1=O. The Kier molecular flexibility index (Phi) is 6.39. The fourth-order valence-electron chi connectivity index (χ4n) is 2.85. The van der Waals surface area contributed by atoms with Gasteiger partial charge in [0, 0.05) is 18.8 Å². The highest BCUT2D eigenvalue weighted by molar-refractivity contribution is 5.36. The van der Waals surface area contributed by atoms with E-state index in [2.05, 4.69) is 23.4 Å². The summed E-state index contributed by atoms with van der Waals surface area (Å²) >= 11 is 0. The average Bonchev–Trinajstić information content (AvgIpc) is 2.73. The molecule has 2 heterocycles. The van der Waals surface area contributed by atoms with Crippen molar-refractivity contribution in [3.8, 4) is 11.8 Å². The molecule has 0 amide bonds. The van der Waals surface area contributed by atoms with Crippen LogP contribution in [0.5, 0.6) is 0 Å². The minimum absolute atomic E-state index is 0.205. The maximum Gasteiger partial charge on any atom is 0.332 e. The molecule has 3 rings (SSSR count). The summed E-state index contributed by atoms with van der Waals surface area (Å²) in [6.45, 7) is 6.11. The van der Waals surface area contributed by atoms with Crippen LogP contribution < -0.4 is 11.2 Å². The molecule has 5 heteroatoms. The predicted molar refractivity (Wildman–Crippen MR) is 115 cm³/mol. The molecular formula is C24H21N3O2. The van der Waals surface area contributed by atoms with Crippen LogP contribution in [0.1, 0.15) is 23.9 Å². The van der Waals surface area contributed by atoms with Crippen LogP contribution in [0.2, 0.25) is 0 Å². The predicted octanol–water partition coefficient (Wildman–Crippen LogP) is 2.99. The van der Waals surface area contributed by atoms with Crippen LogP contribution in [0.15, 0.2) is 94.7 Å². The summed E-state index contributed by atoms with van der Waals surface area (Å²) in [6.07, 6.45) is 5.14. The van der Waals surface area contributed by atoms with Crippen LogP contribution >= 0.6 is 0 Å².